The summed E-state index contributed by atoms with van der Waals surface area (Å²) in [5.41, 5.74) is 4.48. The Balaban J connectivity index is 1.04. The number of phenolic OH excluding ortho intramolecular Hbond substituents is 1. The molecule has 5 aromatic rings. The second-order valence-electron chi connectivity index (χ2n) is 16.7. The molecule has 0 saturated carbocycles. The molecule has 0 spiro atoms. The number of aromatic nitrogens is 5. The van der Waals surface area contributed by atoms with Gasteiger partial charge < -0.3 is 44.9 Å². The molecule has 3 aliphatic rings. The zero-order valence-corrected chi connectivity index (χ0v) is 35.0. The number of aromatic hydroxyl groups is 1. The van der Waals surface area contributed by atoms with Crippen LogP contribution in [0.3, 0.4) is 0 Å². The topological polar surface area (TPSA) is 221 Å². The predicted molar refractivity (Wildman–Crippen MR) is 224 cm³/mol. The fourth-order valence-electron chi connectivity index (χ4n) is 8.08. The molecule has 6 N–H and O–H groups in total. The lowest BCUT2D eigenvalue weighted by atomic mass is 9.92. The molecule has 1 saturated heterocycles. The monoisotopic (exact) mass is 856 g/mol. The normalized spacial score (nSPS) is 21.5. The van der Waals surface area contributed by atoms with Gasteiger partial charge in [0.2, 0.25) is 0 Å². The van der Waals surface area contributed by atoms with Crippen LogP contribution in [0.4, 0.5) is 16.3 Å². The van der Waals surface area contributed by atoms with Crippen molar-refractivity contribution in [3.8, 4) is 28.6 Å². The van der Waals surface area contributed by atoms with Gasteiger partial charge in [0, 0.05) is 41.8 Å². The fourth-order valence-corrected chi connectivity index (χ4v) is 8.26. The number of carbonyl (C=O) groups is 2. The molecule has 4 heterocycles. The van der Waals surface area contributed by atoms with E-state index in [9.17, 15) is 35.1 Å². The van der Waals surface area contributed by atoms with Gasteiger partial charge in [0.15, 0.2) is 18.2 Å². The number of anilines is 2. The van der Waals surface area contributed by atoms with Crippen LogP contribution in [-0.4, -0.2) is 117 Å². The molecule has 1 aliphatic carbocycles. The summed E-state index contributed by atoms with van der Waals surface area (Å²) in [6.07, 6.45) is -7.37. The van der Waals surface area contributed by atoms with E-state index in [1.807, 2.05) is 62.6 Å². The lowest BCUT2D eigenvalue weighted by Crippen LogP contribution is -2.65. The van der Waals surface area contributed by atoms with Crippen molar-refractivity contribution in [1.29, 1.82) is 0 Å². The van der Waals surface area contributed by atoms with E-state index in [4.69, 9.17) is 26.2 Å². The summed E-state index contributed by atoms with van der Waals surface area (Å²) in [5.74, 6) is 0.662. The van der Waals surface area contributed by atoms with Gasteiger partial charge in [0.25, 0.3) is 0 Å². The number of ether oxygens (including phenoxy) is 2. The summed E-state index contributed by atoms with van der Waals surface area (Å²) in [6.45, 7) is 10.7. The smallest absolute Gasteiger partial charge is 0.335 e. The average molecular weight is 857 g/mol. The van der Waals surface area contributed by atoms with E-state index in [1.54, 1.807) is 24.3 Å². The highest BCUT2D eigenvalue weighted by molar-refractivity contribution is 6.30. The van der Waals surface area contributed by atoms with Gasteiger partial charge in [-0.25, -0.2) is 19.2 Å². The Bertz CT molecular complexity index is 2450. The standard InChI is InChI=1S/C43H49ClN8O9/c1-23-8-11-25(12-9-23)52-34(21-32(48-52)43(2,3)4)51(40-37(56)35(54)36(55)38(61-40)41(57)58)42(59)45-29-13-15-31(27-7-5-6-26(27)29)60-19-18-49-16-17-50-33(22-49)46-47-39(50)28-20-24(44)10-14-30(28)53/h8-15,20-21,35-38,40,53-56H,5-7,16-19,22H2,1-4H3,(H,45,59)(H,57,58). The van der Waals surface area contributed by atoms with Crippen molar-refractivity contribution in [2.75, 3.05) is 29.9 Å². The number of aliphatic hydroxyl groups excluding tert-OH is 3. The number of carboxylic acids is 1. The minimum atomic E-state index is -1.96. The van der Waals surface area contributed by atoms with Gasteiger partial charge in [-0.3, -0.25) is 4.90 Å². The Morgan fingerprint density at radius 3 is 2.46 bits per heavy atom. The molecule has 0 radical (unpaired) electrons. The third kappa shape index (κ3) is 8.28. The zero-order chi connectivity index (χ0) is 43.3. The molecule has 18 heteroatoms. The number of aliphatic hydroxyl groups is 3. The fraction of sp³-hybridized carbons (Fsp3) is 0.419. The van der Waals surface area contributed by atoms with E-state index in [0.717, 1.165) is 33.8 Å². The van der Waals surface area contributed by atoms with Crippen LogP contribution in [0.5, 0.6) is 11.5 Å². The van der Waals surface area contributed by atoms with Crippen molar-refractivity contribution < 1.29 is 44.6 Å². The van der Waals surface area contributed by atoms with Gasteiger partial charge in [-0.15, -0.1) is 10.2 Å². The molecule has 5 atom stereocenters. The highest BCUT2D eigenvalue weighted by Gasteiger charge is 2.51. The number of amides is 2. The van der Waals surface area contributed by atoms with Crippen LogP contribution in [0.25, 0.3) is 17.1 Å². The van der Waals surface area contributed by atoms with Crippen LogP contribution < -0.4 is 15.0 Å². The molecule has 322 valence electrons. The number of nitrogens with one attached hydrogen (secondary N) is 1. The number of nitrogens with zero attached hydrogens (tertiary/aromatic N) is 7. The van der Waals surface area contributed by atoms with Gasteiger partial charge in [-0.1, -0.05) is 50.1 Å². The Labute approximate surface area is 356 Å². The first-order valence-electron chi connectivity index (χ1n) is 20.2. The maximum absolute atomic E-state index is 14.8. The first kappa shape index (κ1) is 42.1. The van der Waals surface area contributed by atoms with Gasteiger partial charge in [0.1, 0.15) is 48.1 Å². The number of urea groups is 1. The molecule has 8 rings (SSSR count). The number of halogens is 1. The largest absolute Gasteiger partial charge is 0.507 e. The molecule has 2 aromatic heterocycles. The van der Waals surface area contributed by atoms with Crippen LogP contribution in [0.2, 0.25) is 5.02 Å². The number of rotatable bonds is 10. The zero-order valence-electron chi connectivity index (χ0n) is 34.2. The van der Waals surface area contributed by atoms with Gasteiger partial charge in [0.05, 0.1) is 23.5 Å². The molecular weight excluding hydrogens is 808 g/mol. The molecule has 5 unspecified atom stereocenters. The van der Waals surface area contributed by atoms with E-state index in [2.05, 4.69) is 20.4 Å². The highest BCUT2D eigenvalue weighted by atomic mass is 35.5. The van der Waals surface area contributed by atoms with E-state index >= 15 is 0 Å². The number of carboxylic acid groups (broad SMARTS) is 1. The summed E-state index contributed by atoms with van der Waals surface area (Å²) in [4.78, 5) is 30.3. The number of benzene rings is 3. The third-order valence-electron chi connectivity index (χ3n) is 11.5. The van der Waals surface area contributed by atoms with Crippen LogP contribution >= 0.6 is 11.6 Å². The van der Waals surface area contributed by atoms with Crippen LogP contribution in [0.15, 0.2) is 60.7 Å². The predicted octanol–water partition coefficient (Wildman–Crippen LogP) is 4.41. The van der Waals surface area contributed by atoms with Crippen LogP contribution in [0, 0.1) is 6.92 Å². The Morgan fingerprint density at radius 1 is 0.967 bits per heavy atom. The van der Waals surface area contributed by atoms with Gasteiger partial charge in [-0.05, 0) is 79.8 Å². The molecule has 2 aliphatic heterocycles. The Morgan fingerprint density at radius 2 is 1.72 bits per heavy atom. The first-order valence-corrected chi connectivity index (χ1v) is 20.6. The molecule has 1 fully saturated rings. The molecule has 17 nitrogen and oxygen atoms in total. The molecule has 61 heavy (non-hydrogen) atoms. The number of carbonyl (C=O) groups excluding carboxylic acids is 1. The number of hydrogen-bond acceptors (Lipinski definition) is 12. The van der Waals surface area contributed by atoms with E-state index < -0.39 is 48.1 Å². The van der Waals surface area contributed by atoms with Gasteiger partial charge >= 0.3 is 12.0 Å². The minimum absolute atomic E-state index is 0.0811. The lowest BCUT2D eigenvalue weighted by Gasteiger charge is -2.43. The number of aryl methyl sites for hydroxylation is 1. The summed E-state index contributed by atoms with van der Waals surface area (Å²) < 4.78 is 15.7. The minimum Gasteiger partial charge on any atom is -0.507 e. The molecular formula is C43H49ClN8O9. The van der Waals surface area contributed by atoms with Crippen molar-refractivity contribution in [2.24, 2.45) is 0 Å². The van der Waals surface area contributed by atoms with Crippen molar-refractivity contribution >= 4 is 35.1 Å². The summed E-state index contributed by atoms with van der Waals surface area (Å²) in [6, 6.07) is 16.7. The van der Waals surface area contributed by atoms with Crippen LogP contribution in [0.1, 0.15) is 55.4 Å². The maximum Gasteiger partial charge on any atom is 0.335 e. The number of phenols is 1. The van der Waals surface area contributed by atoms with Crippen molar-refractivity contribution in [3.05, 3.63) is 93.9 Å². The van der Waals surface area contributed by atoms with Gasteiger partial charge in [-0.2, -0.15) is 5.10 Å². The van der Waals surface area contributed by atoms with E-state index in [0.29, 0.717) is 84.9 Å². The third-order valence-corrected chi connectivity index (χ3v) is 11.7. The number of aliphatic carboxylic acids is 1. The lowest BCUT2D eigenvalue weighted by molar-refractivity contribution is -0.225. The second-order valence-corrected chi connectivity index (χ2v) is 17.2. The van der Waals surface area contributed by atoms with E-state index in [1.165, 1.54) is 10.7 Å². The Kier molecular flexibility index (Phi) is 11.5. The molecule has 3 aromatic carbocycles. The SMILES string of the molecule is Cc1ccc(-n2nc(C(C)(C)C)cc2N(C(=O)Nc2ccc(OCCN3CCn4c(nnc4-c4cc(Cl)ccc4O)C3)c3c2CCC3)C2OC(C(=O)O)C(O)C(O)C2O)cc1. The molecule has 0 bridgehead atoms. The molecule has 2 amide bonds. The maximum atomic E-state index is 14.8. The number of hydrogen-bond donors (Lipinski definition) is 6. The van der Waals surface area contributed by atoms with Crippen LogP contribution in [-0.2, 0) is 40.9 Å². The average Bonchev–Trinajstić information content (AvgIpc) is 3.99. The van der Waals surface area contributed by atoms with Crippen molar-refractivity contribution in [1.82, 2.24) is 29.4 Å². The first-order chi connectivity index (χ1) is 29.1. The second kappa shape index (κ2) is 16.7. The highest BCUT2D eigenvalue weighted by Crippen LogP contribution is 2.39. The quantitative estimate of drug-likeness (QED) is 0.115. The van der Waals surface area contributed by atoms with Crippen molar-refractivity contribution in [3.63, 3.8) is 0 Å². The number of fused-ring (bicyclic) bond motifs is 2. The summed E-state index contributed by atoms with van der Waals surface area (Å²) in [7, 11) is 0. The Hall–Kier alpha value is -5.56. The van der Waals surface area contributed by atoms with E-state index in [-0.39, 0.29) is 11.6 Å². The summed E-state index contributed by atoms with van der Waals surface area (Å²) in [5, 5.41) is 70.3. The van der Waals surface area contributed by atoms with Crippen molar-refractivity contribution in [2.45, 2.75) is 96.1 Å². The summed E-state index contributed by atoms with van der Waals surface area (Å²) >= 11 is 6.19.